The topological polar surface area (TPSA) is 48.9 Å². The highest BCUT2D eigenvalue weighted by Gasteiger charge is 2.07. The van der Waals surface area contributed by atoms with Gasteiger partial charge in [-0.15, -0.1) is 11.8 Å². The van der Waals surface area contributed by atoms with E-state index in [4.69, 9.17) is 0 Å². The van der Waals surface area contributed by atoms with Crippen molar-refractivity contribution in [2.24, 2.45) is 0 Å². The number of benzene rings is 1. The van der Waals surface area contributed by atoms with Crippen molar-refractivity contribution < 1.29 is 5.11 Å². The van der Waals surface area contributed by atoms with Crippen molar-refractivity contribution in [2.75, 3.05) is 5.75 Å². The Kier molecular flexibility index (Phi) is 2.14. The first-order valence-electron chi connectivity index (χ1n) is 4.10. The Morgan fingerprint density at radius 3 is 3.15 bits per heavy atom. The van der Waals surface area contributed by atoms with Crippen molar-refractivity contribution in [1.82, 2.24) is 10.2 Å². The van der Waals surface area contributed by atoms with Gasteiger partial charge in [-0.05, 0) is 17.9 Å². The number of rotatable bonds is 2. The standard InChI is InChI=1S/C9H10N2OS/c1-2-13-9-6-5-10-11-7(6)3-4-8(9)12/h3-5,12H,2H2,1H3,(H,10,11). The first-order valence-corrected chi connectivity index (χ1v) is 5.09. The van der Waals surface area contributed by atoms with Crippen LogP contribution in [-0.2, 0) is 0 Å². The smallest absolute Gasteiger partial charge is 0.129 e. The highest BCUT2D eigenvalue weighted by atomic mass is 32.2. The van der Waals surface area contributed by atoms with Crippen molar-refractivity contribution in [1.29, 1.82) is 0 Å². The normalized spacial score (nSPS) is 10.8. The first kappa shape index (κ1) is 8.44. The van der Waals surface area contributed by atoms with E-state index in [1.165, 1.54) is 0 Å². The molecule has 0 spiro atoms. The number of fused-ring (bicyclic) bond motifs is 1. The van der Waals surface area contributed by atoms with Crippen LogP contribution < -0.4 is 0 Å². The Balaban J connectivity index is 2.66. The van der Waals surface area contributed by atoms with Gasteiger partial charge in [0.05, 0.1) is 16.6 Å². The van der Waals surface area contributed by atoms with Gasteiger partial charge in [-0.3, -0.25) is 5.10 Å². The van der Waals surface area contributed by atoms with E-state index in [1.807, 2.05) is 6.07 Å². The molecule has 0 saturated carbocycles. The summed E-state index contributed by atoms with van der Waals surface area (Å²) in [6.07, 6.45) is 1.74. The van der Waals surface area contributed by atoms with Gasteiger partial charge >= 0.3 is 0 Å². The van der Waals surface area contributed by atoms with E-state index in [-0.39, 0.29) is 0 Å². The summed E-state index contributed by atoms with van der Waals surface area (Å²) < 4.78 is 0. The van der Waals surface area contributed by atoms with Crippen LogP contribution in [-0.4, -0.2) is 21.1 Å². The summed E-state index contributed by atoms with van der Waals surface area (Å²) in [6.45, 7) is 2.06. The first-order chi connectivity index (χ1) is 6.33. The summed E-state index contributed by atoms with van der Waals surface area (Å²) in [4.78, 5) is 0.911. The maximum atomic E-state index is 9.60. The molecule has 0 fully saturated rings. The zero-order chi connectivity index (χ0) is 9.26. The molecule has 2 aromatic rings. The Labute approximate surface area is 80.2 Å². The molecular weight excluding hydrogens is 184 g/mol. The van der Waals surface area contributed by atoms with Gasteiger partial charge in [-0.1, -0.05) is 6.92 Å². The fourth-order valence-electron chi connectivity index (χ4n) is 1.28. The van der Waals surface area contributed by atoms with Crippen molar-refractivity contribution in [2.45, 2.75) is 11.8 Å². The number of phenols is 1. The molecule has 1 aromatic carbocycles. The third kappa shape index (κ3) is 1.37. The molecular formula is C9H10N2OS. The van der Waals surface area contributed by atoms with Crippen molar-refractivity contribution >= 4 is 22.7 Å². The second-order valence-corrected chi connectivity index (χ2v) is 3.95. The van der Waals surface area contributed by atoms with Crippen LogP contribution in [0.4, 0.5) is 0 Å². The molecule has 0 radical (unpaired) electrons. The second-order valence-electron chi connectivity index (χ2n) is 2.68. The lowest BCUT2D eigenvalue weighted by Crippen LogP contribution is -1.77. The fraction of sp³-hybridized carbons (Fsp3) is 0.222. The van der Waals surface area contributed by atoms with Crippen LogP contribution in [0.5, 0.6) is 5.75 Å². The molecule has 0 aliphatic carbocycles. The summed E-state index contributed by atoms with van der Waals surface area (Å²) in [5, 5.41) is 17.4. The molecule has 0 saturated heterocycles. The van der Waals surface area contributed by atoms with Crippen LogP contribution in [0.25, 0.3) is 10.9 Å². The van der Waals surface area contributed by atoms with Gasteiger partial charge in [0.1, 0.15) is 5.75 Å². The van der Waals surface area contributed by atoms with Gasteiger partial charge < -0.3 is 5.11 Å². The predicted octanol–water partition coefficient (Wildman–Crippen LogP) is 2.38. The molecule has 2 rings (SSSR count). The van der Waals surface area contributed by atoms with Gasteiger partial charge in [-0.2, -0.15) is 5.10 Å². The molecule has 0 unspecified atom stereocenters. The molecule has 0 amide bonds. The van der Waals surface area contributed by atoms with E-state index in [1.54, 1.807) is 24.0 Å². The van der Waals surface area contributed by atoms with E-state index >= 15 is 0 Å². The third-order valence-electron chi connectivity index (χ3n) is 1.84. The van der Waals surface area contributed by atoms with Gasteiger partial charge in [0.15, 0.2) is 0 Å². The lowest BCUT2D eigenvalue weighted by molar-refractivity contribution is 0.464. The maximum Gasteiger partial charge on any atom is 0.129 e. The number of aromatic nitrogens is 2. The molecule has 2 N–H and O–H groups in total. The van der Waals surface area contributed by atoms with Crippen molar-refractivity contribution in [3.63, 3.8) is 0 Å². The Morgan fingerprint density at radius 1 is 1.54 bits per heavy atom. The number of hydrogen-bond acceptors (Lipinski definition) is 3. The van der Waals surface area contributed by atoms with Gasteiger partial charge in [0.25, 0.3) is 0 Å². The van der Waals surface area contributed by atoms with Crippen LogP contribution in [0.3, 0.4) is 0 Å². The quantitative estimate of drug-likeness (QED) is 0.721. The highest BCUT2D eigenvalue weighted by molar-refractivity contribution is 7.99. The fourth-order valence-corrected chi connectivity index (χ4v) is 2.10. The minimum atomic E-state index is 0.334. The maximum absolute atomic E-state index is 9.60. The summed E-state index contributed by atoms with van der Waals surface area (Å²) in [5.41, 5.74) is 0.966. The number of thioether (sulfide) groups is 1. The van der Waals surface area contributed by atoms with Gasteiger partial charge in [0, 0.05) is 5.39 Å². The summed E-state index contributed by atoms with van der Waals surface area (Å²) in [5.74, 6) is 1.28. The molecule has 1 heterocycles. The third-order valence-corrected chi connectivity index (χ3v) is 2.85. The summed E-state index contributed by atoms with van der Waals surface area (Å²) >= 11 is 1.63. The molecule has 4 heteroatoms. The minimum Gasteiger partial charge on any atom is -0.507 e. The van der Waals surface area contributed by atoms with Crippen LogP contribution in [0, 0.1) is 0 Å². The van der Waals surface area contributed by atoms with E-state index in [0.29, 0.717) is 5.75 Å². The zero-order valence-corrected chi connectivity index (χ0v) is 8.06. The van der Waals surface area contributed by atoms with Crippen LogP contribution in [0.1, 0.15) is 6.92 Å². The van der Waals surface area contributed by atoms with E-state index in [9.17, 15) is 5.11 Å². The van der Waals surface area contributed by atoms with Crippen molar-refractivity contribution in [3.8, 4) is 5.75 Å². The SMILES string of the molecule is CCSc1c(O)ccc2[nH]ncc12. The number of aromatic amines is 1. The number of nitrogens with zero attached hydrogens (tertiary/aromatic N) is 1. The molecule has 3 nitrogen and oxygen atoms in total. The monoisotopic (exact) mass is 194 g/mol. The molecule has 1 aromatic heterocycles. The van der Waals surface area contributed by atoms with Crippen LogP contribution in [0.2, 0.25) is 0 Å². The molecule has 13 heavy (non-hydrogen) atoms. The zero-order valence-electron chi connectivity index (χ0n) is 7.24. The van der Waals surface area contributed by atoms with Crippen LogP contribution in [0.15, 0.2) is 23.2 Å². The Morgan fingerprint density at radius 2 is 2.38 bits per heavy atom. The highest BCUT2D eigenvalue weighted by Crippen LogP contribution is 2.34. The van der Waals surface area contributed by atoms with E-state index < -0.39 is 0 Å². The number of aromatic hydroxyl groups is 1. The van der Waals surface area contributed by atoms with Gasteiger partial charge in [0.2, 0.25) is 0 Å². The van der Waals surface area contributed by atoms with Crippen LogP contribution >= 0.6 is 11.8 Å². The lowest BCUT2D eigenvalue weighted by Gasteiger charge is -2.02. The second kappa shape index (κ2) is 3.30. The molecule has 0 atom stereocenters. The van der Waals surface area contributed by atoms with Crippen molar-refractivity contribution in [3.05, 3.63) is 18.3 Å². The average molecular weight is 194 g/mol. The predicted molar refractivity (Wildman–Crippen MR) is 54.2 cm³/mol. The molecule has 0 bridgehead atoms. The number of nitrogens with one attached hydrogen (secondary N) is 1. The summed E-state index contributed by atoms with van der Waals surface area (Å²) in [6, 6.07) is 3.52. The Bertz CT molecular complexity index is 424. The Hall–Kier alpha value is -1.16. The van der Waals surface area contributed by atoms with E-state index in [2.05, 4.69) is 17.1 Å². The number of hydrogen-bond donors (Lipinski definition) is 2. The number of phenolic OH excluding ortho intramolecular Hbond substituents is 1. The molecule has 68 valence electrons. The number of H-pyrrole nitrogens is 1. The summed E-state index contributed by atoms with van der Waals surface area (Å²) in [7, 11) is 0. The average Bonchev–Trinajstić information content (AvgIpc) is 2.58. The minimum absolute atomic E-state index is 0.334. The van der Waals surface area contributed by atoms with E-state index in [0.717, 1.165) is 21.6 Å². The van der Waals surface area contributed by atoms with Gasteiger partial charge in [-0.25, -0.2) is 0 Å². The molecule has 0 aliphatic heterocycles. The largest absolute Gasteiger partial charge is 0.507 e. The lowest BCUT2D eigenvalue weighted by atomic mass is 10.2. The molecule has 0 aliphatic rings.